The molecule has 92 valence electrons. The van der Waals surface area contributed by atoms with Crippen LogP contribution in [0.5, 0.6) is 0 Å². The second-order valence-corrected chi connectivity index (χ2v) is 4.49. The molecule has 0 radical (unpaired) electrons. The fourth-order valence-electron chi connectivity index (χ4n) is 1.81. The topological polar surface area (TPSA) is 36.4 Å². The van der Waals surface area contributed by atoms with Gasteiger partial charge in [0.25, 0.3) is 0 Å². The van der Waals surface area contributed by atoms with Crippen molar-refractivity contribution < 1.29 is 9.18 Å². The molecule has 1 amide bonds. The molecule has 0 aromatic carbocycles. The highest BCUT2D eigenvalue weighted by Gasteiger charge is 2.22. The lowest BCUT2D eigenvalue weighted by Crippen LogP contribution is -2.35. The van der Waals surface area contributed by atoms with Crippen LogP contribution in [0.1, 0.15) is 6.42 Å². The Morgan fingerprint density at radius 2 is 2.24 bits per heavy atom. The van der Waals surface area contributed by atoms with E-state index < -0.39 is 5.82 Å². The summed E-state index contributed by atoms with van der Waals surface area (Å²) in [5, 5.41) is 0.254. The number of anilines is 1. The van der Waals surface area contributed by atoms with Gasteiger partial charge in [-0.1, -0.05) is 11.6 Å². The zero-order valence-electron chi connectivity index (χ0n) is 9.49. The molecular formula is C11H13ClFN3O. The molecule has 0 spiro atoms. The summed E-state index contributed by atoms with van der Waals surface area (Å²) < 4.78 is 13.7. The van der Waals surface area contributed by atoms with Crippen LogP contribution in [0.2, 0.25) is 5.02 Å². The van der Waals surface area contributed by atoms with Gasteiger partial charge in [-0.05, 0) is 12.5 Å². The summed E-state index contributed by atoms with van der Waals surface area (Å²) >= 11 is 5.64. The molecular weight excluding hydrogens is 245 g/mol. The smallest absolute Gasteiger partial charge is 0.241 e. The molecule has 2 rings (SSSR count). The van der Waals surface area contributed by atoms with Crippen LogP contribution in [0.4, 0.5) is 10.2 Å². The van der Waals surface area contributed by atoms with Crippen molar-refractivity contribution in [2.75, 3.05) is 31.6 Å². The Labute approximate surface area is 104 Å². The molecule has 1 aliphatic heterocycles. The monoisotopic (exact) mass is 257 g/mol. The number of nitrogens with zero attached hydrogens (tertiary/aromatic N) is 3. The van der Waals surface area contributed by atoms with E-state index >= 15 is 0 Å². The predicted octanol–water partition coefficient (Wildman–Crippen LogP) is 1.54. The van der Waals surface area contributed by atoms with E-state index in [1.807, 2.05) is 0 Å². The van der Waals surface area contributed by atoms with E-state index in [1.54, 1.807) is 16.8 Å². The molecule has 2 heterocycles. The predicted molar refractivity (Wildman–Crippen MR) is 63.7 cm³/mol. The molecule has 0 N–H and O–H groups in total. The Kier molecular flexibility index (Phi) is 3.47. The van der Waals surface area contributed by atoms with Gasteiger partial charge in [0, 0.05) is 26.3 Å². The standard InChI is InChI=1S/C11H13ClFN3O/c1-15-3-2-4-16(7-10(15)17)11-9(13)5-8(12)6-14-11/h5-6H,2-4,7H2,1H3. The Morgan fingerprint density at radius 1 is 1.47 bits per heavy atom. The molecule has 0 aliphatic carbocycles. The van der Waals surface area contributed by atoms with Crippen molar-refractivity contribution in [3.05, 3.63) is 23.1 Å². The highest BCUT2D eigenvalue weighted by Crippen LogP contribution is 2.20. The van der Waals surface area contributed by atoms with Crippen LogP contribution in [0.25, 0.3) is 0 Å². The summed E-state index contributed by atoms with van der Waals surface area (Å²) in [5.41, 5.74) is 0. The summed E-state index contributed by atoms with van der Waals surface area (Å²) in [6.07, 6.45) is 2.19. The van der Waals surface area contributed by atoms with Crippen molar-refractivity contribution in [2.24, 2.45) is 0 Å². The van der Waals surface area contributed by atoms with E-state index in [0.717, 1.165) is 6.42 Å². The van der Waals surface area contributed by atoms with Crippen LogP contribution in [-0.4, -0.2) is 42.5 Å². The molecule has 4 nitrogen and oxygen atoms in total. The highest BCUT2D eigenvalue weighted by molar-refractivity contribution is 6.30. The van der Waals surface area contributed by atoms with Gasteiger partial charge in [0.05, 0.1) is 11.6 Å². The van der Waals surface area contributed by atoms with Crippen molar-refractivity contribution >= 4 is 23.3 Å². The van der Waals surface area contributed by atoms with Crippen LogP contribution in [0, 0.1) is 5.82 Å². The number of hydrogen-bond acceptors (Lipinski definition) is 3. The number of halogens is 2. The van der Waals surface area contributed by atoms with Crippen LogP contribution >= 0.6 is 11.6 Å². The maximum Gasteiger partial charge on any atom is 0.241 e. The minimum atomic E-state index is -0.491. The zero-order valence-corrected chi connectivity index (χ0v) is 10.2. The van der Waals surface area contributed by atoms with Gasteiger partial charge in [-0.25, -0.2) is 9.37 Å². The van der Waals surface area contributed by atoms with E-state index in [1.165, 1.54) is 12.3 Å². The molecule has 0 saturated carbocycles. The first-order chi connectivity index (χ1) is 8.08. The van der Waals surface area contributed by atoms with E-state index in [-0.39, 0.29) is 23.3 Å². The minimum absolute atomic E-state index is 0.0290. The first-order valence-corrected chi connectivity index (χ1v) is 5.75. The van der Waals surface area contributed by atoms with Crippen molar-refractivity contribution in [3.63, 3.8) is 0 Å². The summed E-state index contributed by atoms with van der Waals surface area (Å²) in [7, 11) is 1.75. The van der Waals surface area contributed by atoms with E-state index in [4.69, 9.17) is 11.6 Å². The lowest BCUT2D eigenvalue weighted by Gasteiger charge is -2.21. The molecule has 0 atom stereocenters. The number of amides is 1. The van der Waals surface area contributed by atoms with Crippen LogP contribution in [0.3, 0.4) is 0 Å². The second-order valence-electron chi connectivity index (χ2n) is 4.05. The van der Waals surface area contributed by atoms with Gasteiger partial charge in [0.15, 0.2) is 11.6 Å². The number of carbonyl (C=O) groups excluding carboxylic acids is 1. The third-order valence-corrected chi connectivity index (χ3v) is 2.97. The third-order valence-electron chi connectivity index (χ3n) is 2.76. The van der Waals surface area contributed by atoms with Crippen LogP contribution in [0.15, 0.2) is 12.3 Å². The number of hydrogen-bond donors (Lipinski definition) is 0. The van der Waals surface area contributed by atoms with Gasteiger partial charge in [0.2, 0.25) is 5.91 Å². The normalized spacial score (nSPS) is 17.2. The van der Waals surface area contributed by atoms with E-state index in [0.29, 0.717) is 13.1 Å². The quantitative estimate of drug-likeness (QED) is 0.766. The lowest BCUT2D eigenvalue weighted by molar-refractivity contribution is -0.127. The molecule has 1 fully saturated rings. The van der Waals surface area contributed by atoms with Crippen LogP contribution < -0.4 is 4.90 Å². The fraction of sp³-hybridized carbons (Fsp3) is 0.455. The van der Waals surface area contributed by atoms with E-state index in [2.05, 4.69) is 4.98 Å². The van der Waals surface area contributed by atoms with Gasteiger partial charge < -0.3 is 9.80 Å². The van der Waals surface area contributed by atoms with Crippen molar-refractivity contribution in [1.29, 1.82) is 0 Å². The summed E-state index contributed by atoms with van der Waals surface area (Å²) in [5.74, 6) is -0.327. The molecule has 1 aliphatic rings. The largest absolute Gasteiger partial charge is 0.345 e. The Bertz CT molecular complexity index is 441. The molecule has 0 bridgehead atoms. The Hall–Kier alpha value is -1.36. The number of rotatable bonds is 1. The Balaban J connectivity index is 2.24. The zero-order chi connectivity index (χ0) is 12.4. The Morgan fingerprint density at radius 3 is 2.94 bits per heavy atom. The summed E-state index contributed by atoms with van der Waals surface area (Å²) in [6.45, 7) is 1.45. The SMILES string of the molecule is CN1CCCN(c2ncc(Cl)cc2F)CC1=O. The highest BCUT2D eigenvalue weighted by atomic mass is 35.5. The summed E-state index contributed by atoms with van der Waals surface area (Å²) in [6, 6.07) is 1.21. The maximum absolute atomic E-state index is 13.7. The van der Waals surface area contributed by atoms with Crippen molar-refractivity contribution in [2.45, 2.75) is 6.42 Å². The van der Waals surface area contributed by atoms with E-state index in [9.17, 15) is 9.18 Å². The van der Waals surface area contributed by atoms with Crippen molar-refractivity contribution in [3.8, 4) is 0 Å². The molecule has 1 aromatic rings. The molecule has 0 unspecified atom stereocenters. The average molecular weight is 258 g/mol. The number of carbonyl (C=O) groups is 1. The second kappa shape index (κ2) is 4.87. The first kappa shape index (κ1) is 12.1. The number of pyridine rings is 1. The van der Waals surface area contributed by atoms with Gasteiger partial charge >= 0.3 is 0 Å². The average Bonchev–Trinajstić information content (AvgIpc) is 2.42. The number of likely N-dealkylation sites (N-methyl/N-ethyl adjacent to an activating group) is 1. The fourth-order valence-corrected chi connectivity index (χ4v) is 1.95. The summed E-state index contributed by atoms with van der Waals surface area (Å²) in [4.78, 5) is 18.9. The van der Waals surface area contributed by atoms with Crippen LogP contribution in [-0.2, 0) is 4.79 Å². The lowest BCUT2D eigenvalue weighted by atomic mass is 10.3. The minimum Gasteiger partial charge on any atom is -0.345 e. The first-order valence-electron chi connectivity index (χ1n) is 5.38. The van der Waals surface area contributed by atoms with Gasteiger partial charge in [-0.15, -0.1) is 0 Å². The molecule has 6 heteroatoms. The van der Waals surface area contributed by atoms with Gasteiger partial charge in [0.1, 0.15) is 0 Å². The molecule has 17 heavy (non-hydrogen) atoms. The number of aromatic nitrogens is 1. The third kappa shape index (κ3) is 2.66. The van der Waals surface area contributed by atoms with Crippen molar-refractivity contribution in [1.82, 2.24) is 9.88 Å². The van der Waals surface area contributed by atoms with Gasteiger partial charge in [-0.3, -0.25) is 4.79 Å². The molecule has 1 aromatic heterocycles. The van der Waals surface area contributed by atoms with Gasteiger partial charge in [-0.2, -0.15) is 0 Å². The maximum atomic E-state index is 13.7. The molecule has 1 saturated heterocycles.